The summed E-state index contributed by atoms with van der Waals surface area (Å²) in [5.74, 6) is 3.42. The highest BCUT2D eigenvalue weighted by Gasteiger charge is 2.18. The van der Waals surface area contributed by atoms with Gasteiger partial charge in [0, 0.05) is 30.2 Å². The van der Waals surface area contributed by atoms with Crippen molar-refractivity contribution < 1.29 is 0 Å². The molecule has 1 fully saturated rings. The fourth-order valence-electron chi connectivity index (χ4n) is 4.84. The van der Waals surface area contributed by atoms with Gasteiger partial charge in [0.05, 0.1) is 12.2 Å². The van der Waals surface area contributed by atoms with Gasteiger partial charge < -0.3 is 0 Å². The van der Waals surface area contributed by atoms with Crippen molar-refractivity contribution in [1.82, 2.24) is 40.4 Å². The molecule has 1 saturated carbocycles. The number of hydrogen-bond acceptors (Lipinski definition) is 6. The van der Waals surface area contributed by atoms with Gasteiger partial charge >= 0.3 is 0 Å². The van der Waals surface area contributed by atoms with E-state index in [1.165, 1.54) is 37.7 Å². The van der Waals surface area contributed by atoms with E-state index in [0.29, 0.717) is 5.82 Å². The number of aromatic nitrogens is 8. The van der Waals surface area contributed by atoms with Crippen molar-refractivity contribution in [2.45, 2.75) is 71.3 Å². The molecule has 8 heteroatoms. The molecule has 0 radical (unpaired) electrons. The standard InChI is InChI=1S/C26H32N8/c1-2-3-11-24-28-23(17-19-8-5-4-6-9-19)31-34(24)18-20-12-14-21(15-13-20)25-22(10-7-16-27-25)26-29-32-33-30-26/h7,10,12-16,19H,2-6,8-9,11,17-18H2,1H3,(H,29,30,32,33). The lowest BCUT2D eigenvalue weighted by Gasteiger charge is -2.19. The zero-order valence-electron chi connectivity index (χ0n) is 19.8. The Bertz CT molecular complexity index is 1170. The first-order valence-electron chi connectivity index (χ1n) is 12.5. The van der Waals surface area contributed by atoms with Crippen LogP contribution in [0.15, 0.2) is 42.6 Å². The van der Waals surface area contributed by atoms with Gasteiger partial charge in [-0.3, -0.25) is 4.98 Å². The van der Waals surface area contributed by atoms with E-state index in [-0.39, 0.29) is 0 Å². The number of aryl methyl sites for hydroxylation is 1. The van der Waals surface area contributed by atoms with Crippen molar-refractivity contribution in [1.29, 1.82) is 0 Å². The number of tetrazole rings is 1. The number of aromatic amines is 1. The van der Waals surface area contributed by atoms with E-state index in [9.17, 15) is 0 Å². The molecule has 0 atom stereocenters. The second-order valence-electron chi connectivity index (χ2n) is 9.25. The Kier molecular flexibility index (Phi) is 7.02. The number of H-pyrrole nitrogens is 1. The molecular weight excluding hydrogens is 424 g/mol. The van der Waals surface area contributed by atoms with Gasteiger partial charge in [0.2, 0.25) is 5.82 Å². The van der Waals surface area contributed by atoms with E-state index in [4.69, 9.17) is 10.1 Å². The van der Waals surface area contributed by atoms with Gasteiger partial charge in [0.1, 0.15) is 5.82 Å². The van der Waals surface area contributed by atoms with Crippen LogP contribution in [0.5, 0.6) is 0 Å². The van der Waals surface area contributed by atoms with Crippen molar-refractivity contribution in [2.24, 2.45) is 5.92 Å². The van der Waals surface area contributed by atoms with Crippen molar-refractivity contribution in [3.05, 3.63) is 59.8 Å². The minimum atomic E-state index is 0.542. The number of rotatable bonds is 9. The predicted octanol–water partition coefficient (Wildman–Crippen LogP) is 5.03. The van der Waals surface area contributed by atoms with Crippen molar-refractivity contribution >= 4 is 0 Å². The van der Waals surface area contributed by atoms with Crippen LogP contribution in [0.25, 0.3) is 22.6 Å². The van der Waals surface area contributed by atoms with Crippen LogP contribution >= 0.6 is 0 Å². The summed E-state index contributed by atoms with van der Waals surface area (Å²) >= 11 is 0. The lowest BCUT2D eigenvalue weighted by molar-refractivity contribution is 0.351. The highest BCUT2D eigenvalue weighted by molar-refractivity contribution is 5.76. The van der Waals surface area contributed by atoms with Gasteiger partial charge in [-0.25, -0.2) is 9.67 Å². The van der Waals surface area contributed by atoms with Gasteiger partial charge in [0.25, 0.3) is 0 Å². The summed E-state index contributed by atoms with van der Waals surface area (Å²) in [6, 6.07) is 12.4. The molecule has 0 aliphatic heterocycles. The summed E-state index contributed by atoms with van der Waals surface area (Å²) in [6.45, 7) is 2.96. The Morgan fingerprint density at radius 3 is 2.68 bits per heavy atom. The summed E-state index contributed by atoms with van der Waals surface area (Å²) < 4.78 is 2.12. The molecule has 1 aromatic carbocycles. The fraction of sp³-hybridized carbons (Fsp3) is 0.462. The van der Waals surface area contributed by atoms with Crippen LogP contribution in [0.2, 0.25) is 0 Å². The summed E-state index contributed by atoms with van der Waals surface area (Å²) in [6.07, 6.45) is 12.8. The minimum Gasteiger partial charge on any atom is -0.255 e. The Hall–Kier alpha value is -3.42. The first-order chi connectivity index (χ1) is 16.8. The Labute approximate surface area is 200 Å². The second kappa shape index (κ2) is 10.7. The van der Waals surface area contributed by atoms with E-state index in [1.807, 2.05) is 12.1 Å². The van der Waals surface area contributed by atoms with Crippen LogP contribution in [0.4, 0.5) is 0 Å². The van der Waals surface area contributed by atoms with Gasteiger partial charge in [-0.15, -0.1) is 10.2 Å². The molecule has 0 unspecified atom stereocenters. The molecule has 0 spiro atoms. The molecule has 3 heterocycles. The van der Waals surface area contributed by atoms with Crippen LogP contribution in [-0.4, -0.2) is 40.4 Å². The maximum Gasteiger partial charge on any atom is 0.206 e. The van der Waals surface area contributed by atoms with E-state index in [1.54, 1.807) is 6.20 Å². The third-order valence-electron chi connectivity index (χ3n) is 6.70. The zero-order chi connectivity index (χ0) is 23.2. The average Bonchev–Trinajstić information content (AvgIpc) is 3.54. The molecule has 1 aliphatic rings. The molecule has 176 valence electrons. The normalized spacial score (nSPS) is 14.5. The average molecular weight is 457 g/mol. The lowest BCUT2D eigenvalue weighted by atomic mass is 9.87. The molecular formula is C26H32N8. The summed E-state index contributed by atoms with van der Waals surface area (Å²) in [5.41, 5.74) is 3.92. The van der Waals surface area contributed by atoms with E-state index in [2.05, 4.69) is 61.5 Å². The first-order valence-corrected chi connectivity index (χ1v) is 12.5. The molecule has 3 aromatic heterocycles. The van der Waals surface area contributed by atoms with Crippen LogP contribution < -0.4 is 0 Å². The molecule has 0 saturated heterocycles. The SMILES string of the molecule is CCCCc1nc(CC2CCCCC2)nn1Cc1ccc(-c2ncccc2-c2nn[nH]n2)cc1. The Morgan fingerprint density at radius 2 is 1.91 bits per heavy atom. The number of nitrogens with zero attached hydrogens (tertiary/aromatic N) is 7. The molecule has 8 nitrogen and oxygen atoms in total. The van der Waals surface area contributed by atoms with Crippen molar-refractivity contribution in [3.63, 3.8) is 0 Å². The van der Waals surface area contributed by atoms with Crippen molar-refractivity contribution in [2.75, 3.05) is 0 Å². The Morgan fingerprint density at radius 1 is 1.06 bits per heavy atom. The first kappa shape index (κ1) is 22.4. The number of pyridine rings is 1. The molecule has 0 bridgehead atoms. The summed E-state index contributed by atoms with van der Waals surface area (Å²) in [7, 11) is 0. The number of unbranched alkanes of at least 4 members (excludes halogenated alkanes) is 1. The molecule has 4 aromatic rings. The molecule has 0 amide bonds. The van der Waals surface area contributed by atoms with Gasteiger partial charge in [-0.1, -0.05) is 69.7 Å². The Balaban J connectivity index is 1.34. The molecule has 1 N–H and O–H groups in total. The van der Waals surface area contributed by atoms with Crippen molar-refractivity contribution in [3.8, 4) is 22.6 Å². The molecule has 5 rings (SSSR count). The number of benzene rings is 1. The number of hydrogen-bond donors (Lipinski definition) is 1. The fourth-order valence-corrected chi connectivity index (χ4v) is 4.84. The quantitative estimate of drug-likeness (QED) is 0.379. The van der Waals surface area contributed by atoms with E-state index < -0.39 is 0 Å². The zero-order valence-corrected chi connectivity index (χ0v) is 19.8. The van der Waals surface area contributed by atoms with Gasteiger partial charge in [-0.2, -0.15) is 10.3 Å². The van der Waals surface area contributed by atoms with E-state index in [0.717, 1.165) is 66.6 Å². The van der Waals surface area contributed by atoms with Gasteiger partial charge in [-0.05, 0) is 35.2 Å². The highest BCUT2D eigenvalue weighted by atomic mass is 15.5. The van der Waals surface area contributed by atoms with Crippen LogP contribution in [0.1, 0.15) is 69.1 Å². The topological polar surface area (TPSA) is 98.1 Å². The largest absolute Gasteiger partial charge is 0.255 e. The molecule has 34 heavy (non-hydrogen) atoms. The highest BCUT2D eigenvalue weighted by Crippen LogP contribution is 2.28. The second-order valence-corrected chi connectivity index (χ2v) is 9.25. The predicted molar refractivity (Wildman–Crippen MR) is 131 cm³/mol. The van der Waals surface area contributed by atoms with E-state index >= 15 is 0 Å². The maximum absolute atomic E-state index is 4.96. The monoisotopic (exact) mass is 456 g/mol. The van der Waals surface area contributed by atoms with Crippen LogP contribution in [0, 0.1) is 5.92 Å². The third-order valence-corrected chi connectivity index (χ3v) is 6.70. The summed E-state index contributed by atoms with van der Waals surface area (Å²) in [5, 5.41) is 19.4. The summed E-state index contributed by atoms with van der Waals surface area (Å²) in [4.78, 5) is 9.54. The smallest absolute Gasteiger partial charge is 0.206 e. The maximum atomic E-state index is 4.96. The molecule has 1 aliphatic carbocycles. The minimum absolute atomic E-state index is 0.542. The van der Waals surface area contributed by atoms with Crippen LogP contribution in [-0.2, 0) is 19.4 Å². The lowest BCUT2D eigenvalue weighted by Crippen LogP contribution is -2.11. The third kappa shape index (κ3) is 5.21. The number of nitrogens with one attached hydrogen (secondary N) is 1. The van der Waals surface area contributed by atoms with Crippen LogP contribution in [0.3, 0.4) is 0 Å². The van der Waals surface area contributed by atoms with Gasteiger partial charge in [0.15, 0.2) is 5.82 Å².